The lowest BCUT2D eigenvalue weighted by molar-refractivity contribution is 0.0546. The van der Waals surface area contributed by atoms with Crippen LogP contribution in [0.25, 0.3) is 0 Å². The molecule has 0 saturated carbocycles. The summed E-state index contributed by atoms with van der Waals surface area (Å²) in [6.45, 7) is 3.16. The van der Waals surface area contributed by atoms with Gasteiger partial charge in [0.05, 0.1) is 21.2 Å². The van der Waals surface area contributed by atoms with Gasteiger partial charge in [0.1, 0.15) is 12.4 Å². The van der Waals surface area contributed by atoms with Gasteiger partial charge in [-0.05, 0) is 42.5 Å². The van der Waals surface area contributed by atoms with Gasteiger partial charge in [-0.1, -0.05) is 29.8 Å². The molecule has 0 aliphatic heterocycles. The minimum atomic E-state index is -4.01. The van der Waals surface area contributed by atoms with Gasteiger partial charge in [-0.2, -0.15) is 0 Å². The van der Waals surface area contributed by atoms with E-state index in [1.54, 1.807) is 0 Å². The number of hydrogen-bond donors (Lipinski definition) is 0. The highest BCUT2D eigenvalue weighted by Crippen LogP contribution is 2.26. The summed E-state index contributed by atoms with van der Waals surface area (Å²) in [7, 11) is -2.70. The van der Waals surface area contributed by atoms with Gasteiger partial charge in [0.25, 0.3) is 10.0 Å². The number of anilines is 1. The highest BCUT2D eigenvalue weighted by Gasteiger charge is 2.24. The molecule has 2 rings (SSSR count). The number of benzene rings is 2. The maximum Gasteiger partial charge on any atom is 0.340 e. The van der Waals surface area contributed by atoms with Gasteiger partial charge in [0, 0.05) is 12.1 Å². The summed E-state index contributed by atoms with van der Waals surface area (Å²) >= 11 is 11.5. The Morgan fingerprint density at radius 3 is 2.42 bits per heavy atom. The molecule has 0 aliphatic rings. The summed E-state index contributed by atoms with van der Waals surface area (Å²) in [4.78, 5) is 11.9. The smallest absolute Gasteiger partial charge is 0.340 e. The minimum absolute atomic E-state index is 0.0265. The molecule has 2 aromatic rings. The molecule has 0 saturated heterocycles. The molecule has 0 spiro atoms. The molecular formula is C17H14Cl2FNO4S. The SMILES string of the molecule is C=C(Cl)COC(=O)c1cc(S(=O)(=O)N(C)c2ccc(F)cc2)ccc1Cl. The zero-order valence-electron chi connectivity index (χ0n) is 13.6. The van der Waals surface area contributed by atoms with Crippen molar-refractivity contribution in [3.8, 4) is 0 Å². The normalized spacial score (nSPS) is 11.1. The molecule has 0 radical (unpaired) electrons. The summed E-state index contributed by atoms with van der Waals surface area (Å²) in [5.74, 6) is -1.32. The number of nitrogens with zero attached hydrogens (tertiary/aromatic N) is 1. The molecule has 0 fully saturated rings. The van der Waals surface area contributed by atoms with Gasteiger partial charge in [0.2, 0.25) is 0 Å². The van der Waals surface area contributed by atoms with Crippen LogP contribution >= 0.6 is 23.2 Å². The Labute approximate surface area is 160 Å². The highest BCUT2D eigenvalue weighted by atomic mass is 35.5. The fraction of sp³-hybridized carbons (Fsp3) is 0.118. The second-order valence-electron chi connectivity index (χ2n) is 5.18. The number of esters is 1. The van der Waals surface area contributed by atoms with Crippen LogP contribution in [0.3, 0.4) is 0 Å². The van der Waals surface area contributed by atoms with Crippen molar-refractivity contribution in [2.75, 3.05) is 18.0 Å². The molecule has 0 amide bonds. The molecule has 2 aromatic carbocycles. The first-order chi connectivity index (χ1) is 12.1. The van der Waals surface area contributed by atoms with Crippen molar-refractivity contribution >= 4 is 44.9 Å². The van der Waals surface area contributed by atoms with E-state index in [0.717, 1.165) is 22.5 Å². The molecule has 26 heavy (non-hydrogen) atoms. The Hall–Kier alpha value is -2.09. The highest BCUT2D eigenvalue weighted by molar-refractivity contribution is 7.92. The molecule has 138 valence electrons. The Morgan fingerprint density at radius 2 is 1.85 bits per heavy atom. The minimum Gasteiger partial charge on any atom is -0.456 e. The number of carbonyl (C=O) groups excluding carboxylic acids is 1. The first-order valence-corrected chi connectivity index (χ1v) is 9.37. The van der Waals surface area contributed by atoms with Gasteiger partial charge < -0.3 is 4.74 Å². The lowest BCUT2D eigenvalue weighted by Crippen LogP contribution is -2.26. The van der Waals surface area contributed by atoms with Crippen molar-refractivity contribution < 1.29 is 22.3 Å². The van der Waals surface area contributed by atoms with Crippen LogP contribution in [0.15, 0.2) is 59.0 Å². The van der Waals surface area contributed by atoms with E-state index in [4.69, 9.17) is 27.9 Å². The van der Waals surface area contributed by atoms with Crippen LogP contribution in [0.2, 0.25) is 5.02 Å². The topological polar surface area (TPSA) is 63.7 Å². The van der Waals surface area contributed by atoms with Crippen molar-refractivity contribution in [1.29, 1.82) is 0 Å². The van der Waals surface area contributed by atoms with Crippen LogP contribution in [0.1, 0.15) is 10.4 Å². The van der Waals surface area contributed by atoms with E-state index in [-0.39, 0.29) is 32.8 Å². The zero-order valence-corrected chi connectivity index (χ0v) is 15.9. The van der Waals surface area contributed by atoms with E-state index in [0.29, 0.717) is 0 Å². The maximum absolute atomic E-state index is 13.0. The maximum atomic E-state index is 13.0. The second-order valence-corrected chi connectivity index (χ2v) is 8.09. The number of rotatable bonds is 6. The monoisotopic (exact) mass is 417 g/mol. The van der Waals surface area contributed by atoms with Crippen LogP contribution in [-0.4, -0.2) is 28.0 Å². The van der Waals surface area contributed by atoms with Crippen molar-refractivity contribution in [2.45, 2.75) is 4.90 Å². The standard InChI is InChI=1S/C17H14Cl2FNO4S/c1-11(18)10-25-17(22)15-9-14(7-8-16(15)19)26(23,24)21(2)13-5-3-12(20)4-6-13/h3-9H,1,10H2,2H3. The summed E-state index contributed by atoms with van der Waals surface area (Å²) in [6, 6.07) is 8.58. The third kappa shape index (κ3) is 4.55. The van der Waals surface area contributed by atoms with E-state index >= 15 is 0 Å². The zero-order chi connectivity index (χ0) is 19.5. The first-order valence-electron chi connectivity index (χ1n) is 7.17. The van der Waals surface area contributed by atoms with Gasteiger partial charge in [-0.15, -0.1) is 0 Å². The molecule has 0 aromatic heterocycles. The predicted molar refractivity (Wildman–Crippen MR) is 98.7 cm³/mol. The van der Waals surface area contributed by atoms with E-state index in [9.17, 15) is 17.6 Å². The first kappa shape index (κ1) is 20.2. The Kier molecular flexibility index (Phi) is 6.28. The van der Waals surface area contributed by atoms with Crippen LogP contribution in [-0.2, 0) is 14.8 Å². The van der Waals surface area contributed by atoms with Gasteiger partial charge in [0.15, 0.2) is 0 Å². The largest absolute Gasteiger partial charge is 0.456 e. The van der Waals surface area contributed by atoms with Crippen LogP contribution < -0.4 is 4.31 Å². The summed E-state index contributed by atoms with van der Waals surface area (Å²) in [5.41, 5.74) is 0.127. The quantitative estimate of drug-likeness (QED) is 0.660. The third-order valence-electron chi connectivity index (χ3n) is 3.37. The number of carbonyl (C=O) groups is 1. The van der Waals surface area contributed by atoms with Crippen LogP contribution in [0.5, 0.6) is 0 Å². The van der Waals surface area contributed by atoms with E-state index < -0.39 is 21.8 Å². The van der Waals surface area contributed by atoms with E-state index in [1.807, 2.05) is 0 Å². The molecular weight excluding hydrogens is 404 g/mol. The number of ether oxygens (including phenoxy) is 1. The molecule has 0 unspecified atom stereocenters. The number of halogens is 3. The fourth-order valence-electron chi connectivity index (χ4n) is 1.99. The van der Waals surface area contributed by atoms with Crippen molar-refractivity contribution in [2.24, 2.45) is 0 Å². The average molecular weight is 418 g/mol. The van der Waals surface area contributed by atoms with Crippen LogP contribution in [0, 0.1) is 5.82 Å². The van der Waals surface area contributed by atoms with Gasteiger partial charge in [-0.25, -0.2) is 17.6 Å². The van der Waals surface area contributed by atoms with E-state index in [2.05, 4.69) is 6.58 Å². The van der Waals surface area contributed by atoms with Crippen molar-refractivity contribution in [3.05, 3.63) is 70.5 Å². The van der Waals surface area contributed by atoms with Gasteiger partial charge in [-0.3, -0.25) is 4.31 Å². The third-order valence-corrected chi connectivity index (χ3v) is 5.59. The van der Waals surface area contributed by atoms with Crippen molar-refractivity contribution in [3.63, 3.8) is 0 Å². The Morgan fingerprint density at radius 1 is 1.23 bits per heavy atom. The molecule has 0 atom stereocenters. The Balaban J connectivity index is 2.37. The molecule has 0 bridgehead atoms. The lowest BCUT2D eigenvalue weighted by Gasteiger charge is -2.20. The molecule has 0 N–H and O–H groups in total. The molecule has 5 nitrogen and oxygen atoms in total. The van der Waals surface area contributed by atoms with Gasteiger partial charge >= 0.3 is 5.97 Å². The number of sulfonamides is 1. The summed E-state index contributed by atoms with van der Waals surface area (Å²) in [6.07, 6.45) is 0. The van der Waals surface area contributed by atoms with Crippen molar-refractivity contribution in [1.82, 2.24) is 0 Å². The molecule has 0 heterocycles. The fourth-order valence-corrected chi connectivity index (χ4v) is 3.46. The number of hydrogen-bond acceptors (Lipinski definition) is 4. The van der Waals surface area contributed by atoms with Crippen LogP contribution in [0.4, 0.5) is 10.1 Å². The average Bonchev–Trinajstić information content (AvgIpc) is 2.59. The Bertz CT molecular complexity index is 946. The lowest BCUT2D eigenvalue weighted by atomic mass is 10.2. The molecule has 9 heteroatoms. The summed E-state index contributed by atoms with van der Waals surface area (Å²) < 4.78 is 44.4. The van der Waals surface area contributed by atoms with E-state index in [1.165, 1.54) is 31.3 Å². The second kappa shape index (κ2) is 8.07. The predicted octanol–water partition coefficient (Wildman–Crippen LogP) is 4.21. The molecule has 0 aliphatic carbocycles. The summed E-state index contributed by atoms with van der Waals surface area (Å²) in [5, 5.41) is 0.132.